The van der Waals surface area contributed by atoms with E-state index < -0.39 is 0 Å². The van der Waals surface area contributed by atoms with Crippen molar-refractivity contribution in [3.8, 4) is 5.75 Å². The van der Waals surface area contributed by atoms with Crippen molar-refractivity contribution in [2.75, 3.05) is 12.4 Å². The fourth-order valence-corrected chi connectivity index (χ4v) is 1.68. The van der Waals surface area contributed by atoms with Crippen molar-refractivity contribution in [2.24, 2.45) is 0 Å². The maximum atomic E-state index is 5.16. The van der Waals surface area contributed by atoms with Gasteiger partial charge in [-0.15, -0.1) is 0 Å². The first-order valence-electron chi connectivity index (χ1n) is 4.81. The van der Waals surface area contributed by atoms with Gasteiger partial charge in [0.2, 0.25) is 5.95 Å². The number of hydrogen-bond donors (Lipinski definition) is 2. The Morgan fingerprint density at radius 3 is 2.88 bits per heavy atom. The van der Waals surface area contributed by atoms with Gasteiger partial charge in [-0.2, -0.15) is 0 Å². The predicted octanol–water partition coefficient (Wildman–Crippen LogP) is 3.23. The van der Waals surface area contributed by atoms with Crippen LogP contribution in [0.1, 0.15) is 5.69 Å². The highest BCUT2D eigenvalue weighted by Crippen LogP contribution is 2.28. The van der Waals surface area contributed by atoms with Crippen molar-refractivity contribution in [3.05, 3.63) is 34.6 Å². The third-order valence-corrected chi connectivity index (χ3v) is 2.82. The number of benzene rings is 1. The molecule has 84 valence electrons. The predicted molar refractivity (Wildman–Crippen MR) is 67.3 cm³/mol. The molecule has 2 aromatic rings. The molecule has 0 aliphatic heterocycles. The third-order valence-electron chi connectivity index (χ3n) is 2.13. The molecule has 2 N–H and O–H groups in total. The lowest BCUT2D eigenvalue weighted by atomic mass is 10.3. The molecular formula is C11H12BrN3O. The standard InChI is InChI=1S/C11H12BrN3O/c1-7-6-13-11(14-7)15-10-5-8(16-2)3-4-9(10)12/h3-6H,1-2H3,(H2,13,14,15). The zero-order valence-electron chi connectivity index (χ0n) is 9.04. The Labute approximate surface area is 102 Å². The molecule has 0 atom stereocenters. The highest BCUT2D eigenvalue weighted by atomic mass is 79.9. The highest BCUT2D eigenvalue weighted by Gasteiger charge is 2.04. The van der Waals surface area contributed by atoms with Crippen LogP contribution < -0.4 is 10.1 Å². The van der Waals surface area contributed by atoms with E-state index in [1.807, 2.05) is 25.1 Å². The number of nitrogens with one attached hydrogen (secondary N) is 2. The first kappa shape index (κ1) is 11.0. The Bertz CT molecular complexity index is 496. The summed E-state index contributed by atoms with van der Waals surface area (Å²) in [5.74, 6) is 1.51. The second kappa shape index (κ2) is 4.57. The summed E-state index contributed by atoms with van der Waals surface area (Å²) in [6.07, 6.45) is 1.77. The molecule has 1 aromatic carbocycles. The van der Waals surface area contributed by atoms with Crippen LogP contribution in [0.2, 0.25) is 0 Å². The minimum Gasteiger partial charge on any atom is -0.497 e. The molecule has 0 radical (unpaired) electrons. The fraction of sp³-hybridized carbons (Fsp3) is 0.182. The van der Waals surface area contributed by atoms with Gasteiger partial charge in [-0.25, -0.2) is 4.98 Å². The first-order valence-corrected chi connectivity index (χ1v) is 5.60. The molecule has 1 heterocycles. The molecule has 0 unspecified atom stereocenters. The van der Waals surface area contributed by atoms with E-state index in [0.717, 1.165) is 21.6 Å². The van der Waals surface area contributed by atoms with Gasteiger partial charge in [0.1, 0.15) is 5.75 Å². The van der Waals surface area contributed by atoms with Crippen molar-refractivity contribution in [2.45, 2.75) is 6.92 Å². The number of aromatic nitrogens is 2. The van der Waals surface area contributed by atoms with Crippen molar-refractivity contribution in [1.82, 2.24) is 9.97 Å². The number of imidazole rings is 1. The van der Waals surface area contributed by atoms with Crippen LogP contribution in [-0.4, -0.2) is 17.1 Å². The molecule has 4 nitrogen and oxygen atoms in total. The van der Waals surface area contributed by atoms with Crippen LogP contribution in [0.3, 0.4) is 0 Å². The molecule has 0 saturated carbocycles. The lowest BCUT2D eigenvalue weighted by Crippen LogP contribution is -1.94. The zero-order chi connectivity index (χ0) is 11.5. The van der Waals surface area contributed by atoms with E-state index in [1.165, 1.54) is 0 Å². The number of halogens is 1. The molecule has 16 heavy (non-hydrogen) atoms. The van der Waals surface area contributed by atoms with Gasteiger partial charge in [-0.05, 0) is 35.0 Å². The van der Waals surface area contributed by atoms with E-state index in [-0.39, 0.29) is 0 Å². The van der Waals surface area contributed by atoms with Gasteiger partial charge in [0.05, 0.1) is 12.8 Å². The number of rotatable bonds is 3. The normalized spacial score (nSPS) is 10.2. The van der Waals surface area contributed by atoms with Gasteiger partial charge in [-0.1, -0.05) is 0 Å². The molecular weight excluding hydrogens is 270 g/mol. The third kappa shape index (κ3) is 2.36. The number of methoxy groups -OCH3 is 1. The molecule has 0 bridgehead atoms. The fourth-order valence-electron chi connectivity index (χ4n) is 1.33. The molecule has 0 aliphatic rings. The summed E-state index contributed by atoms with van der Waals surface area (Å²) in [4.78, 5) is 7.28. The Morgan fingerprint density at radius 1 is 1.44 bits per heavy atom. The second-order valence-electron chi connectivity index (χ2n) is 3.39. The summed E-state index contributed by atoms with van der Waals surface area (Å²) in [6.45, 7) is 1.96. The van der Waals surface area contributed by atoms with E-state index in [2.05, 4.69) is 31.2 Å². The van der Waals surface area contributed by atoms with Crippen LogP contribution in [0.4, 0.5) is 11.6 Å². The van der Waals surface area contributed by atoms with Gasteiger partial charge in [-0.3, -0.25) is 0 Å². The van der Waals surface area contributed by atoms with Crippen LogP contribution in [0, 0.1) is 6.92 Å². The van der Waals surface area contributed by atoms with Crippen molar-refractivity contribution >= 4 is 27.6 Å². The van der Waals surface area contributed by atoms with Gasteiger partial charge in [0.15, 0.2) is 0 Å². The Morgan fingerprint density at radius 2 is 2.25 bits per heavy atom. The molecule has 0 fully saturated rings. The summed E-state index contributed by atoms with van der Waals surface area (Å²) >= 11 is 3.46. The van der Waals surface area contributed by atoms with Gasteiger partial charge >= 0.3 is 0 Å². The quantitative estimate of drug-likeness (QED) is 0.908. The number of hydrogen-bond acceptors (Lipinski definition) is 3. The lowest BCUT2D eigenvalue weighted by molar-refractivity contribution is 0.415. The number of ether oxygens (including phenoxy) is 1. The number of aryl methyl sites for hydroxylation is 1. The summed E-state index contributed by atoms with van der Waals surface area (Å²) in [5, 5.41) is 3.17. The van der Waals surface area contributed by atoms with Gasteiger partial charge in [0.25, 0.3) is 0 Å². The molecule has 1 aromatic heterocycles. The molecule has 5 heteroatoms. The molecule has 0 spiro atoms. The maximum Gasteiger partial charge on any atom is 0.204 e. The number of anilines is 2. The van der Waals surface area contributed by atoms with Crippen LogP contribution in [0.5, 0.6) is 5.75 Å². The van der Waals surface area contributed by atoms with Crippen molar-refractivity contribution in [3.63, 3.8) is 0 Å². The monoisotopic (exact) mass is 281 g/mol. The highest BCUT2D eigenvalue weighted by molar-refractivity contribution is 9.10. The Balaban J connectivity index is 2.26. The first-order chi connectivity index (χ1) is 7.69. The lowest BCUT2D eigenvalue weighted by Gasteiger charge is -2.07. The zero-order valence-corrected chi connectivity index (χ0v) is 10.6. The Hall–Kier alpha value is -1.49. The van der Waals surface area contributed by atoms with Crippen LogP contribution in [0.25, 0.3) is 0 Å². The van der Waals surface area contributed by atoms with E-state index in [9.17, 15) is 0 Å². The number of aromatic amines is 1. The summed E-state index contributed by atoms with van der Waals surface area (Å²) < 4.78 is 6.12. The minimum atomic E-state index is 0.714. The molecule has 0 amide bonds. The SMILES string of the molecule is COc1ccc(Br)c(Nc2ncc(C)[nH]2)c1. The maximum absolute atomic E-state index is 5.16. The summed E-state index contributed by atoms with van der Waals surface area (Å²) in [5.41, 5.74) is 1.93. The summed E-state index contributed by atoms with van der Waals surface area (Å²) in [7, 11) is 1.64. The smallest absolute Gasteiger partial charge is 0.204 e. The van der Waals surface area contributed by atoms with Crippen LogP contribution >= 0.6 is 15.9 Å². The second-order valence-corrected chi connectivity index (χ2v) is 4.24. The summed E-state index contributed by atoms with van der Waals surface area (Å²) in [6, 6.07) is 5.72. The van der Waals surface area contributed by atoms with Gasteiger partial charge < -0.3 is 15.0 Å². The minimum absolute atomic E-state index is 0.714. The van der Waals surface area contributed by atoms with Crippen molar-refractivity contribution in [1.29, 1.82) is 0 Å². The van der Waals surface area contributed by atoms with E-state index >= 15 is 0 Å². The largest absolute Gasteiger partial charge is 0.497 e. The number of nitrogens with zero attached hydrogens (tertiary/aromatic N) is 1. The molecule has 0 saturated heterocycles. The van der Waals surface area contributed by atoms with Gasteiger partial charge in [0, 0.05) is 22.4 Å². The van der Waals surface area contributed by atoms with E-state index in [4.69, 9.17) is 4.74 Å². The van der Waals surface area contributed by atoms with E-state index in [0.29, 0.717) is 5.95 Å². The topological polar surface area (TPSA) is 49.9 Å². The molecule has 2 rings (SSSR count). The van der Waals surface area contributed by atoms with Crippen molar-refractivity contribution < 1.29 is 4.74 Å². The van der Waals surface area contributed by atoms with Crippen LogP contribution in [0.15, 0.2) is 28.9 Å². The average Bonchev–Trinajstić information content (AvgIpc) is 2.67. The van der Waals surface area contributed by atoms with E-state index in [1.54, 1.807) is 13.3 Å². The van der Waals surface area contributed by atoms with Crippen LogP contribution in [-0.2, 0) is 0 Å². The average molecular weight is 282 g/mol. The Kier molecular flexibility index (Phi) is 3.14. The number of H-pyrrole nitrogens is 1. The molecule has 0 aliphatic carbocycles.